The lowest BCUT2D eigenvalue weighted by Gasteiger charge is -2.18. The van der Waals surface area contributed by atoms with E-state index in [0.717, 1.165) is 11.3 Å². The SMILES string of the molecule is CC(=O)N1CCc2cc(S(=O)(=O)NC(C)C(C)C)ccc21. The molecule has 5 nitrogen and oxygen atoms in total. The molecule has 0 saturated carbocycles. The first-order chi connectivity index (χ1) is 9.72. The molecule has 1 aromatic carbocycles. The van der Waals surface area contributed by atoms with Gasteiger partial charge >= 0.3 is 0 Å². The van der Waals surface area contributed by atoms with E-state index < -0.39 is 10.0 Å². The van der Waals surface area contributed by atoms with E-state index in [4.69, 9.17) is 0 Å². The topological polar surface area (TPSA) is 66.5 Å². The van der Waals surface area contributed by atoms with Crippen LogP contribution in [-0.4, -0.2) is 26.9 Å². The second-order valence-electron chi connectivity index (χ2n) is 5.87. The highest BCUT2D eigenvalue weighted by Gasteiger charge is 2.25. The third-order valence-corrected chi connectivity index (χ3v) is 5.53. The van der Waals surface area contributed by atoms with Gasteiger partial charge in [-0.25, -0.2) is 13.1 Å². The molecular formula is C15H22N2O3S. The first-order valence-corrected chi connectivity index (χ1v) is 8.64. The van der Waals surface area contributed by atoms with Gasteiger partial charge in [0.1, 0.15) is 0 Å². The van der Waals surface area contributed by atoms with Gasteiger partial charge in [0.2, 0.25) is 15.9 Å². The molecule has 21 heavy (non-hydrogen) atoms. The van der Waals surface area contributed by atoms with E-state index in [1.54, 1.807) is 23.1 Å². The molecule has 1 atom stereocenters. The predicted molar refractivity (Wildman–Crippen MR) is 82.8 cm³/mol. The molecule has 0 bridgehead atoms. The summed E-state index contributed by atoms with van der Waals surface area (Å²) in [7, 11) is -3.52. The summed E-state index contributed by atoms with van der Waals surface area (Å²) in [4.78, 5) is 13.4. The van der Waals surface area contributed by atoms with Crippen molar-refractivity contribution in [2.24, 2.45) is 5.92 Å². The third kappa shape index (κ3) is 3.27. The maximum absolute atomic E-state index is 12.4. The molecule has 6 heteroatoms. The minimum absolute atomic E-state index is 0.0177. The number of amides is 1. The number of fused-ring (bicyclic) bond motifs is 1. The Morgan fingerprint density at radius 3 is 2.52 bits per heavy atom. The van der Waals surface area contributed by atoms with Crippen LogP contribution in [0.3, 0.4) is 0 Å². The number of hydrogen-bond acceptors (Lipinski definition) is 3. The van der Waals surface area contributed by atoms with Crippen molar-refractivity contribution >= 4 is 21.6 Å². The smallest absolute Gasteiger partial charge is 0.240 e. The van der Waals surface area contributed by atoms with Crippen molar-refractivity contribution in [1.29, 1.82) is 0 Å². The normalized spacial score (nSPS) is 16.1. The van der Waals surface area contributed by atoms with Gasteiger partial charge in [-0.1, -0.05) is 13.8 Å². The number of hydrogen-bond donors (Lipinski definition) is 1. The predicted octanol–water partition coefficient (Wildman–Crippen LogP) is 1.92. The van der Waals surface area contributed by atoms with E-state index in [2.05, 4.69) is 4.72 Å². The van der Waals surface area contributed by atoms with Crippen LogP contribution in [0.2, 0.25) is 0 Å². The van der Waals surface area contributed by atoms with Gasteiger partial charge in [0.15, 0.2) is 0 Å². The maximum atomic E-state index is 12.4. The van der Waals surface area contributed by atoms with Gasteiger partial charge in [-0.15, -0.1) is 0 Å². The molecule has 0 spiro atoms. The van der Waals surface area contributed by atoms with Gasteiger partial charge in [0.05, 0.1) is 4.90 Å². The molecule has 1 aliphatic heterocycles. The molecular weight excluding hydrogens is 288 g/mol. The van der Waals surface area contributed by atoms with E-state index in [0.29, 0.717) is 13.0 Å². The Labute approximate surface area is 126 Å². The number of carbonyl (C=O) groups excluding carboxylic acids is 1. The van der Waals surface area contributed by atoms with E-state index in [-0.39, 0.29) is 22.8 Å². The largest absolute Gasteiger partial charge is 0.312 e. The lowest BCUT2D eigenvalue weighted by atomic mass is 10.1. The van der Waals surface area contributed by atoms with Crippen molar-refractivity contribution in [1.82, 2.24) is 4.72 Å². The molecule has 1 heterocycles. The number of anilines is 1. The van der Waals surface area contributed by atoms with Crippen LogP contribution >= 0.6 is 0 Å². The summed E-state index contributed by atoms with van der Waals surface area (Å²) in [5, 5.41) is 0. The molecule has 0 saturated heterocycles. The van der Waals surface area contributed by atoms with Gasteiger partial charge in [0, 0.05) is 25.2 Å². The highest BCUT2D eigenvalue weighted by atomic mass is 32.2. The van der Waals surface area contributed by atoms with Crippen molar-refractivity contribution in [3.8, 4) is 0 Å². The van der Waals surface area contributed by atoms with Gasteiger partial charge in [-0.05, 0) is 43.0 Å². The zero-order chi connectivity index (χ0) is 15.8. The number of sulfonamides is 1. The molecule has 1 aliphatic rings. The Morgan fingerprint density at radius 2 is 1.95 bits per heavy atom. The average Bonchev–Trinajstić information content (AvgIpc) is 2.80. The zero-order valence-electron chi connectivity index (χ0n) is 12.9. The van der Waals surface area contributed by atoms with Crippen molar-refractivity contribution in [2.75, 3.05) is 11.4 Å². The molecule has 1 N–H and O–H groups in total. The van der Waals surface area contributed by atoms with Crippen LogP contribution in [0.15, 0.2) is 23.1 Å². The summed E-state index contributed by atoms with van der Waals surface area (Å²) in [5.41, 5.74) is 1.73. The highest BCUT2D eigenvalue weighted by Crippen LogP contribution is 2.30. The molecule has 1 aromatic rings. The van der Waals surface area contributed by atoms with Crippen LogP contribution in [0.1, 0.15) is 33.3 Å². The molecule has 0 aliphatic carbocycles. The quantitative estimate of drug-likeness (QED) is 0.924. The number of nitrogens with one attached hydrogen (secondary N) is 1. The lowest BCUT2D eigenvalue weighted by Crippen LogP contribution is -2.36. The zero-order valence-corrected chi connectivity index (χ0v) is 13.7. The standard InChI is InChI=1S/C15H22N2O3S/c1-10(2)11(3)16-21(19,20)14-5-6-15-13(9-14)7-8-17(15)12(4)18/h5-6,9-11,16H,7-8H2,1-4H3. The first kappa shape index (κ1) is 16.0. The maximum Gasteiger partial charge on any atom is 0.240 e. The minimum Gasteiger partial charge on any atom is -0.312 e. The van der Waals surface area contributed by atoms with Crippen molar-refractivity contribution in [3.05, 3.63) is 23.8 Å². The minimum atomic E-state index is -3.52. The van der Waals surface area contributed by atoms with Crippen LogP contribution in [0.5, 0.6) is 0 Å². The van der Waals surface area contributed by atoms with E-state index in [1.165, 1.54) is 6.92 Å². The Kier molecular flexibility index (Phi) is 4.39. The molecule has 1 amide bonds. The summed E-state index contributed by atoms with van der Waals surface area (Å²) in [6.45, 7) is 7.93. The summed E-state index contributed by atoms with van der Waals surface area (Å²) in [5.74, 6) is 0.207. The Hall–Kier alpha value is -1.40. The second-order valence-corrected chi connectivity index (χ2v) is 7.58. The molecule has 2 rings (SSSR count). The van der Waals surface area contributed by atoms with Gasteiger partial charge < -0.3 is 4.90 Å². The molecule has 0 fully saturated rings. The van der Waals surface area contributed by atoms with Gasteiger partial charge in [-0.2, -0.15) is 0 Å². The fraction of sp³-hybridized carbons (Fsp3) is 0.533. The van der Waals surface area contributed by atoms with Crippen molar-refractivity contribution < 1.29 is 13.2 Å². The Bertz CT molecular complexity index is 653. The molecule has 116 valence electrons. The van der Waals surface area contributed by atoms with Gasteiger partial charge in [0.25, 0.3) is 0 Å². The first-order valence-electron chi connectivity index (χ1n) is 7.15. The number of carbonyl (C=O) groups is 1. The fourth-order valence-electron chi connectivity index (χ4n) is 2.32. The summed E-state index contributed by atoms with van der Waals surface area (Å²) in [6, 6.07) is 4.83. The molecule has 1 unspecified atom stereocenters. The highest BCUT2D eigenvalue weighted by molar-refractivity contribution is 7.89. The van der Waals surface area contributed by atoms with Crippen LogP contribution in [0.25, 0.3) is 0 Å². The van der Waals surface area contributed by atoms with E-state index in [9.17, 15) is 13.2 Å². The third-order valence-electron chi connectivity index (χ3n) is 3.98. The van der Waals surface area contributed by atoms with Crippen LogP contribution in [0.4, 0.5) is 5.69 Å². The van der Waals surface area contributed by atoms with E-state index in [1.807, 2.05) is 20.8 Å². The fourth-order valence-corrected chi connectivity index (χ4v) is 3.76. The summed E-state index contributed by atoms with van der Waals surface area (Å²) < 4.78 is 27.4. The average molecular weight is 310 g/mol. The molecule has 0 aromatic heterocycles. The van der Waals surface area contributed by atoms with Crippen LogP contribution in [-0.2, 0) is 21.2 Å². The summed E-state index contributed by atoms with van der Waals surface area (Å²) in [6.07, 6.45) is 0.692. The van der Waals surface area contributed by atoms with Crippen molar-refractivity contribution in [3.63, 3.8) is 0 Å². The van der Waals surface area contributed by atoms with Gasteiger partial charge in [-0.3, -0.25) is 4.79 Å². The van der Waals surface area contributed by atoms with Crippen molar-refractivity contribution in [2.45, 2.75) is 45.1 Å². The number of nitrogens with zero attached hydrogens (tertiary/aromatic N) is 1. The van der Waals surface area contributed by atoms with Crippen LogP contribution in [0, 0.1) is 5.92 Å². The Balaban J connectivity index is 2.29. The number of benzene rings is 1. The second kappa shape index (κ2) is 5.77. The van der Waals surface area contributed by atoms with Crippen LogP contribution < -0.4 is 9.62 Å². The van der Waals surface area contributed by atoms with E-state index >= 15 is 0 Å². The Morgan fingerprint density at radius 1 is 1.29 bits per heavy atom. The molecule has 0 radical (unpaired) electrons. The number of rotatable bonds is 4. The lowest BCUT2D eigenvalue weighted by molar-refractivity contribution is -0.116. The summed E-state index contributed by atoms with van der Waals surface area (Å²) >= 11 is 0. The monoisotopic (exact) mass is 310 g/mol.